The number of benzene rings is 1. The number of nitro benzene ring substituents is 1. The number of aliphatic hydroxyl groups is 1. The van der Waals surface area contributed by atoms with Crippen molar-refractivity contribution in [2.75, 3.05) is 18.0 Å². The highest BCUT2D eigenvalue weighted by atomic mass is 79.9. The number of hydrogen-bond donors (Lipinski definition) is 1. The van der Waals surface area contributed by atoms with Gasteiger partial charge in [-0.2, -0.15) is 0 Å². The third-order valence-electron chi connectivity index (χ3n) is 2.64. The van der Waals surface area contributed by atoms with Crippen LogP contribution in [0.1, 0.15) is 6.42 Å². The molecule has 0 spiro atoms. The molecule has 1 heterocycles. The smallest absolute Gasteiger partial charge is 0.292 e. The van der Waals surface area contributed by atoms with Gasteiger partial charge in [-0.05, 0) is 18.6 Å². The Balaban J connectivity index is 2.37. The van der Waals surface area contributed by atoms with Crippen molar-refractivity contribution >= 4 is 27.3 Å². The molecule has 2 rings (SSSR count). The third-order valence-corrected chi connectivity index (χ3v) is 3.13. The van der Waals surface area contributed by atoms with Crippen LogP contribution < -0.4 is 4.90 Å². The molecule has 1 atom stereocenters. The van der Waals surface area contributed by atoms with E-state index in [-0.39, 0.29) is 5.69 Å². The number of anilines is 1. The van der Waals surface area contributed by atoms with Crippen molar-refractivity contribution in [3.8, 4) is 0 Å². The summed E-state index contributed by atoms with van der Waals surface area (Å²) < 4.78 is 0.800. The molecule has 0 bridgehead atoms. The van der Waals surface area contributed by atoms with Gasteiger partial charge >= 0.3 is 0 Å². The fourth-order valence-corrected chi connectivity index (χ4v) is 2.21. The highest BCUT2D eigenvalue weighted by Gasteiger charge is 2.26. The van der Waals surface area contributed by atoms with Gasteiger partial charge in [-0.3, -0.25) is 10.1 Å². The largest absolute Gasteiger partial charge is 0.391 e. The first-order valence-electron chi connectivity index (χ1n) is 4.95. The van der Waals surface area contributed by atoms with Crippen LogP contribution >= 0.6 is 15.9 Å². The Morgan fingerprint density at radius 3 is 2.88 bits per heavy atom. The Morgan fingerprint density at radius 2 is 2.31 bits per heavy atom. The van der Waals surface area contributed by atoms with Crippen molar-refractivity contribution < 1.29 is 10.0 Å². The summed E-state index contributed by atoms with van der Waals surface area (Å²) in [5, 5.41) is 20.3. The lowest BCUT2D eigenvalue weighted by Gasteiger charge is -2.17. The second-order valence-corrected chi connectivity index (χ2v) is 4.69. The predicted octanol–water partition coefficient (Wildman–Crippen LogP) is 1.93. The predicted molar refractivity (Wildman–Crippen MR) is 63.6 cm³/mol. The van der Waals surface area contributed by atoms with E-state index in [1.807, 2.05) is 4.90 Å². The van der Waals surface area contributed by atoms with Gasteiger partial charge in [0.1, 0.15) is 5.69 Å². The first-order chi connectivity index (χ1) is 7.58. The minimum absolute atomic E-state index is 0.0808. The molecule has 1 unspecified atom stereocenters. The SMILES string of the molecule is O=[N+]([O-])c1ccc(Br)cc1N1CCC(O)C1. The van der Waals surface area contributed by atoms with Crippen molar-refractivity contribution in [1.29, 1.82) is 0 Å². The average Bonchev–Trinajstić information content (AvgIpc) is 2.64. The number of nitrogens with zero attached hydrogens (tertiary/aromatic N) is 2. The lowest BCUT2D eigenvalue weighted by molar-refractivity contribution is -0.384. The molecule has 86 valence electrons. The Labute approximate surface area is 101 Å². The van der Waals surface area contributed by atoms with E-state index in [2.05, 4.69) is 15.9 Å². The van der Waals surface area contributed by atoms with E-state index in [0.29, 0.717) is 25.2 Å². The van der Waals surface area contributed by atoms with Crippen LogP contribution in [-0.2, 0) is 0 Å². The molecule has 0 aromatic heterocycles. The average molecular weight is 287 g/mol. The molecule has 16 heavy (non-hydrogen) atoms. The topological polar surface area (TPSA) is 66.6 Å². The van der Waals surface area contributed by atoms with Gasteiger partial charge in [0.05, 0.1) is 11.0 Å². The van der Waals surface area contributed by atoms with Gasteiger partial charge in [0, 0.05) is 23.6 Å². The van der Waals surface area contributed by atoms with Crippen molar-refractivity contribution in [2.24, 2.45) is 0 Å². The van der Waals surface area contributed by atoms with Crippen LogP contribution in [0.5, 0.6) is 0 Å². The summed E-state index contributed by atoms with van der Waals surface area (Å²) >= 11 is 3.30. The molecule has 1 saturated heterocycles. The van der Waals surface area contributed by atoms with Gasteiger partial charge in [0.25, 0.3) is 5.69 Å². The molecule has 6 heteroatoms. The summed E-state index contributed by atoms with van der Waals surface area (Å²) in [5.74, 6) is 0. The van der Waals surface area contributed by atoms with E-state index >= 15 is 0 Å². The number of rotatable bonds is 2. The molecule has 1 aromatic carbocycles. The van der Waals surface area contributed by atoms with Crippen molar-refractivity contribution in [2.45, 2.75) is 12.5 Å². The van der Waals surface area contributed by atoms with Gasteiger partial charge in [-0.15, -0.1) is 0 Å². The monoisotopic (exact) mass is 286 g/mol. The lowest BCUT2D eigenvalue weighted by atomic mass is 10.2. The summed E-state index contributed by atoms with van der Waals surface area (Å²) in [4.78, 5) is 12.3. The maximum atomic E-state index is 10.9. The third kappa shape index (κ3) is 2.17. The summed E-state index contributed by atoms with van der Waals surface area (Å²) in [5.41, 5.74) is 0.647. The van der Waals surface area contributed by atoms with E-state index in [4.69, 9.17) is 0 Å². The Kier molecular flexibility index (Phi) is 3.11. The molecule has 0 aliphatic carbocycles. The van der Waals surface area contributed by atoms with Crippen molar-refractivity contribution in [3.05, 3.63) is 32.8 Å². The normalized spacial score (nSPS) is 20.1. The Hall–Kier alpha value is -1.14. The highest BCUT2D eigenvalue weighted by Crippen LogP contribution is 2.33. The zero-order chi connectivity index (χ0) is 11.7. The number of hydrogen-bond acceptors (Lipinski definition) is 4. The summed E-state index contributed by atoms with van der Waals surface area (Å²) in [6.07, 6.45) is 0.266. The maximum absolute atomic E-state index is 10.9. The van der Waals surface area contributed by atoms with E-state index in [9.17, 15) is 15.2 Å². The van der Waals surface area contributed by atoms with E-state index in [0.717, 1.165) is 4.47 Å². The fourth-order valence-electron chi connectivity index (χ4n) is 1.86. The molecule has 0 amide bonds. The van der Waals surface area contributed by atoms with Crippen LogP contribution in [0, 0.1) is 10.1 Å². The number of nitro groups is 1. The highest BCUT2D eigenvalue weighted by molar-refractivity contribution is 9.10. The molecular weight excluding hydrogens is 276 g/mol. The molecule has 1 fully saturated rings. The van der Waals surface area contributed by atoms with Crippen molar-refractivity contribution in [3.63, 3.8) is 0 Å². The molecule has 0 saturated carbocycles. The maximum Gasteiger partial charge on any atom is 0.292 e. The van der Waals surface area contributed by atoms with Crippen molar-refractivity contribution in [1.82, 2.24) is 0 Å². The molecule has 1 N–H and O–H groups in total. The second kappa shape index (κ2) is 4.39. The quantitative estimate of drug-likeness (QED) is 0.666. The first kappa shape index (κ1) is 11.3. The number of aliphatic hydroxyl groups excluding tert-OH is 1. The van der Waals surface area contributed by atoms with E-state index < -0.39 is 11.0 Å². The molecule has 1 aromatic rings. The Morgan fingerprint density at radius 1 is 1.56 bits per heavy atom. The zero-order valence-corrected chi connectivity index (χ0v) is 10.1. The van der Waals surface area contributed by atoms with Gasteiger partial charge in [0.15, 0.2) is 0 Å². The second-order valence-electron chi connectivity index (χ2n) is 3.78. The van der Waals surface area contributed by atoms with Gasteiger partial charge in [-0.1, -0.05) is 15.9 Å². The van der Waals surface area contributed by atoms with Gasteiger partial charge in [0.2, 0.25) is 0 Å². The zero-order valence-electron chi connectivity index (χ0n) is 8.47. The van der Waals surface area contributed by atoms with Gasteiger partial charge in [-0.25, -0.2) is 0 Å². The van der Waals surface area contributed by atoms with Crippen LogP contribution in [0.2, 0.25) is 0 Å². The number of β-amino-alcohol motifs (C(OH)–C–C–N with tert-alkyl or cyclic N) is 1. The van der Waals surface area contributed by atoms with Crippen LogP contribution in [0.3, 0.4) is 0 Å². The van der Waals surface area contributed by atoms with Gasteiger partial charge < -0.3 is 10.0 Å². The fraction of sp³-hybridized carbons (Fsp3) is 0.400. The lowest BCUT2D eigenvalue weighted by Crippen LogP contribution is -2.22. The number of halogens is 1. The summed E-state index contributed by atoms with van der Waals surface area (Å²) in [6.45, 7) is 1.11. The minimum atomic E-state index is -0.396. The first-order valence-corrected chi connectivity index (χ1v) is 5.74. The van der Waals surface area contributed by atoms with Crippen LogP contribution in [0.4, 0.5) is 11.4 Å². The van der Waals surface area contributed by atoms with Crippen LogP contribution in [-0.4, -0.2) is 29.2 Å². The molecular formula is C10H11BrN2O3. The van der Waals surface area contributed by atoms with Crippen LogP contribution in [0.15, 0.2) is 22.7 Å². The molecule has 5 nitrogen and oxygen atoms in total. The van der Waals surface area contributed by atoms with Crippen LogP contribution in [0.25, 0.3) is 0 Å². The van der Waals surface area contributed by atoms with E-state index in [1.165, 1.54) is 6.07 Å². The molecule has 0 radical (unpaired) electrons. The summed E-state index contributed by atoms with van der Waals surface area (Å²) in [6, 6.07) is 4.84. The Bertz CT molecular complexity index is 425. The molecule has 1 aliphatic rings. The molecule has 1 aliphatic heterocycles. The minimum Gasteiger partial charge on any atom is -0.391 e. The summed E-state index contributed by atoms with van der Waals surface area (Å²) in [7, 11) is 0. The van der Waals surface area contributed by atoms with E-state index in [1.54, 1.807) is 12.1 Å². The standard InChI is InChI=1S/C10H11BrN2O3/c11-7-1-2-9(13(15)16)10(5-7)12-4-3-8(14)6-12/h1-2,5,8,14H,3-4,6H2.